The van der Waals surface area contributed by atoms with Crippen molar-refractivity contribution in [3.05, 3.63) is 52.2 Å². The molecule has 1 aromatic heterocycles. The Morgan fingerprint density at radius 3 is 2.55 bits per heavy atom. The highest BCUT2D eigenvalue weighted by Crippen LogP contribution is 2.25. The number of amides is 2. The quantitative estimate of drug-likeness (QED) is 0.723. The van der Waals surface area contributed by atoms with Gasteiger partial charge in [0.2, 0.25) is 0 Å². The Bertz CT molecular complexity index is 866. The average molecular weight is 440 g/mol. The molecule has 1 aromatic carbocycles. The number of nitrogens with zero attached hydrogens (tertiary/aromatic N) is 3. The molecule has 2 aliphatic heterocycles. The van der Waals surface area contributed by atoms with Crippen LogP contribution in [0.5, 0.6) is 0 Å². The summed E-state index contributed by atoms with van der Waals surface area (Å²) >= 11 is 1.73. The maximum atomic E-state index is 12.6. The van der Waals surface area contributed by atoms with E-state index in [-0.39, 0.29) is 18.1 Å². The van der Waals surface area contributed by atoms with Crippen LogP contribution in [0.15, 0.2) is 41.8 Å². The Kier molecular flexibility index (Phi) is 7.41. The van der Waals surface area contributed by atoms with Gasteiger partial charge in [-0.25, -0.2) is 4.79 Å². The molecule has 2 saturated heterocycles. The number of piperidine rings is 1. The van der Waals surface area contributed by atoms with Crippen LogP contribution in [0.25, 0.3) is 0 Å². The van der Waals surface area contributed by atoms with Gasteiger partial charge in [0.15, 0.2) is 0 Å². The minimum Gasteiger partial charge on any atom is -0.379 e. The molecule has 164 valence electrons. The molecule has 0 aliphatic carbocycles. The topological polar surface area (TPSA) is 80.6 Å². The van der Waals surface area contributed by atoms with E-state index in [9.17, 15) is 4.79 Å². The largest absolute Gasteiger partial charge is 0.379 e. The van der Waals surface area contributed by atoms with E-state index in [1.165, 1.54) is 4.88 Å². The summed E-state index contributed by atoms with van der Waals surface area (Å²) in [5, 5.41) is 17.3. The van der Waals surface area contributed by atoms with E-state index >= 15 is 0 Å². The highest BCUT2D eigenvalue weighted by atomic mass is 32.1. The molecule has 0 radical (unpaired) electrons. The number of hydrogen-bond acceptors (Lipinski definition) is 6. The molecular formula is C23H29N5O2S. The highest BCUT2D eigenvalue weighted by molar-refractivity contribution is 7.10. The van der Waals surface area contributed by atoms with Crippen LogP contribution in [0.4, 0.5) is 10.5 Å². The number of morpholine rings is 1. The van der Waals surface area contributed by atoms with Crippen LogP contribution in [0.3, 0.4) is 0 Å². The minimum atomic E-state index is -0.0911. The molecule has 1 unspecified atom stereocenters. The van der Waals surface area contributed by atoms with Crippen molar-refractivity contribution < 1.29 is 9.53 Å². The second-order valence-electron chi connectivity index (χ2n) is 7.95. The molecule has 2 aliphatic rings. The number of thiophene rings is 1. The minimum absolute atomic E-state index is 0.0911. The number of rotatable bonds is 6. The Morgan fingerprint density at radius 2 is 1.90 bits per heavy atom. The summed E-state index contributed by atoms with van der Waals surface area (Å²) in [6.45, 7) is 5.64. The first-order valence-corrected chi connectivity index (χ1v) is 11.8. The van der Waals surface area contributed by atoms with Gasteiger partial charge < -0.3 is 20.3 Å². The molecule has 0 spiro atoms. The van der Waals surface area contributed by atoms with Gasteiger partial charge in [0.05, 0.1) is 30.9 Å². The van der Waals surface area contributed by atoms with E-state index in [2.05, 4.69) is 44.0 Å². The van der Waals surface area contributed by atoms with Gasteiger partial charge in [0.25, 0.3) is 0 Å². The molecule has 2 aromatic rings. The van der Waals surface area contributed by atoms with Crippen molar-refractivity contribution in [2.75, 3.05) is 50.8 Å². The fourth-order valence-corrected chi connectivity index (χ4v) is 5.10. The van der Waals surface area contributed by atoms with Gasteiger partial charge in [-0.1, -0.05) is 6.07 Å². The second-order valence-corrected chi connectivity index (χ2v) is 8.93. The van der Waals surface area contributed by atoms with Crippen molar-refractivity contribution in [1.29, 1.82) is 5.26 Å². The lowest BCUT2D eigenvalue weighted by molar-refractivity contribution is 0.0174. The number of carbonyl (C=O) groups is 1. The number of anilines is 1. The molecule has 2 fully saturated rings. The van der Waals surface area contributed by atoms with Crippen LogP contribution in [0.1, 0.15) is 29.3 Å². The molecule has 2 amide bonds. The SMILES string of the molecule is N#Cc1ccc(N2CCC(NC(=O)NCC(c3cccs3)N3CCOCC3)CC2)cc1. The molecule has 31 heavy (non-hydrogen) atoms. The predicted molar refractivity (Wildman–Crippen MR) is 122 cm³/mol. The van der Waals surface area contributed by atoms with E-state index < -0.39 is 0 Å². The van der Waals surface area contributed by atoms with Crippen molar-refractivity contribution in [2.45, 2.75) is 24.9 Å². The van der Waals surface area contributed by atoms with Gasteiger partial charge in [0.1, 0.15) is 0 Å². The van der Waals surface area contributed by atoms with Gasteiger partial charge in [-0.15, -0.1) is 11.3 Å². The Balaban J connectivity index is 1.24. The zero-order valence-electron chi connectivity index (χ0n) is 17.6. The summed E-state index contributed by atoms with van der Waals surface area (Å²) in [4.78, 5) is 18.6. The molecule has 2 N–H and O–H groups in total. The zero-order valence-corrected chi connectivity index (χ0v) is 18.4. The van der Waals surface area contributed by atoms with Crippen LogP contribution < -0.4 is 15.5 Å². The first-order chi connectivity index (χ1) is 15.2. The average Bonchev–Trinajstić information content (AvgIpc) is 3.35. The Labute approximate surface area is 187 Å². The predicted octanol–water partition coefficient (Wildman–Crippen LogP) is 2.96. The summed E-state index contributed by atoms with van der Waals surface area (Å²) in [6, 6.07) is 14.3. The van der Waals surface area contributed by atoms with Crippen LogP contribution in [0.2, 0.25) is 0 Å². The van der Waals surface area contributed by atoms with Crippen LogP contribution in [-0.4, -0.2) is 62.9 Å². The Hall–Kier alpha value is -2.60. The first-order valence-electron chi connectivity index (χ1n) is 10.9. The molecular weight excluding hydrogens is 410 g/mol. The first kappa shape index (κ1) is 21.6. The van der Waals surface area contributed by atoms with Crippen LogP contribution in [0, 0.1) is 11.3 Å². The van der Waals surface area contributed by atoms with Gasteiger partial charge in [-0.05, 0) is 48.6 Å². The van der Waals surface area contributed by atoms with Crippen molar-refractivity contribution >= 4 is 23.1 Å². The lowest BCUT2D eigenvalue weighted by Gasteiger charge is -2.35. The molecule has 4 rings (SSSR count). The van der Waals surface area contributed by atoms with Gasteiger partial charge in [-0.2, -0.15) is 5.26 Å². The number of nitriles is 1. The number of hydrogen-bond donors (Lipinski definition) is 2. The third-order valence-corrected chi connectivity index (χ3v) is 6.98. The Morgan fingerprint density at radius 1 is 1.16 bits per heavy atom. The molecule has 0 bridgehead atoms. The summed E-state index contributed by atoms with van der Waals surface area (Å²) in [7, 11) is 0. The third kappa shape index (κ3) is 5.76. The molecule has 3 heterocycles. The number of urea groups is 1. The van der Waals surface area contributed by atoms with Crippen molar-refractivity contribution in [3.8, 4) is 6.07 Å². The fourth-order valence-electron chi connectivity index (χ4n) is 4.23. The second kappa shape index (κ2) is 10.6. The van der Waals surface area contributed by atoms with Gasteiger partial charge in [-0.3, -0.25) is 4.90 Å². The van der Waals surface area contributed by atoms with Gasteiger partial charge >= 0.3 is 6.03 Å². The lowest BCUT2D eigenvalue weighted by atomic mass is 10.0. The maximum Gasteiger partial charge on any atom is 0.315 e. The number of ether oxygens (including phenoxy) is 1. The molecule has 1 atom stereocenters. The monoisotopic (exact) mass is 439 g/mol. The fraction of sp³-hybridized carbons (Fsp3) is 0.478. The van der Waals surface area contributed by atoms with Crippen molar-refractivity contribution in [2.24, 2.45) is 0 Å². The number of benzene rings is 1. The van der Waals surface area contributed by atoms with E-state index in [0.717, 1.165) is 57.9 Å². The van der Waals surface area contributed by atoms with Gasteiger partial charge in [0, 0.05) is 49.3 Å². The lowest BCUT2D eigenvalue weighted by Crippen LogP contribution is -2.50. The van der Waals surface area contributed by atoms with E-state index in [1.54, 1.807) is 11.3 Å². The smallest absolute Gasteiger partial charge is 0.315 e. The van der Waals surface area contributed by atoms with E-state index in [1.807, 2.05) is 24.3 Å². The summed E-state index contributed by atoms with van der Waals surface area (Å²) in [5.74, 6) is 0. The summed E-state index contributed by atoms with van der Waals surface area (Å²) in [6.07, 6.45) is 1.82. The van der Waals surface area contributed by atoms with Crippen LogP contribution >= 0.6 is 11.3 Å². The van der Waals surface area contributed by atoms with E-state index in [4.69, 9.17) is 10.00 Å². The van der Waals surface area contributed by atoms with Crippen LogP contribution in [-0.2, 0) is 4.74 Å². The van der Waals surface area contributed by atoms with E-state index in [0.29, 0.717) is 12.1 Å². The highest BCUT2D eigenvalue weighted by Gasteiger charge is 2.25. The standard InChI is InChI=1S/C23H29N5O2S/c24-16-18-3-5-20(6-4-18)27-9-7-19(8-10-27)26-23(29)25-17-21(22-2-1-15-31-22)28-11-13-30-14-12-28/h1-6,15,19,21H,7-14,17H2,(H2,25,26,29). The maximum absolute atomic E-state index is 12.6. The molecule has 8 heteroatoms. The van der Waals surface area contributed by atoms with Crippen molar-refractivity contribution in [1.82, 2.24) is 15.5 Å². The molecule has 0 saturated carbocycles. The molecule has 7 nitrogen and oxygen atoms in total. The summed E-state index contributed by atoms with van der Waals surface area (Å²) < 4.78 is 5.49. The number of carbonyl (C=O) groups excluding carboxylic acids is 1. The zero-order chi connectivity index (χ0) is 21.5. The third-order valence-electron chi connectivity index (χ3n) is 6.01. The normalized spacial score (nSPS) is 18.9. The number of nitrogens with one attached hydrogen (secondary N) is 2. The van der Waals surface area contributed by atoms with Crippen molar-refractivity contribution in [3.63, 3.8) is 0 Å². The summed E-state index contributed by atoms with van der Waals surface area (Å²) in [5.41, 5.74) is 1.81.